The molecule has 0 bridgehead atoms. The van der Waals surface area contributed by atoms with Crippen molar-refractivity contribution < 1.29 is 58.9 Å². The third-order valence-electron chi connectivity index (χ3n) is 2.84. The number of hydrogen-bond donors (Lipinski definition) is 0. The zero-order valence-corrected chi connectivity index (χ0v) is 14.7. The van der Waals surface area contributed by atoms with Crippen LogP contribution in [0.25, 0.3) is 0 Å². The summed E-state index contributed by atoms with van der Waals surface area (Å²) in [7, 11) is 1.33. The predicted molar refractivity (Wildman–Crippen MR) is 51.5 cm³/mol. The molecule has 0 radical (unpaired) electrons. The Hall–Kier alpha value is 1.28. The molecule has 2 aliphatic carbocycles. The summed E-state index contributed by atoms with van der Waals surface area (Å²) < 4.78 is 0. The molecule has 0 spiro atoms. The fourth-order valence-corrected chi connectivity index (χ4v) is 2.91. The molecule has 0 aromatic carbocycles. The van der Waals surface area contributed by atoms with E-state index in [1.54, 1.807) is 11.1 Å². The van der Waals surface area contributed by atoms with Crippen molar-refractivity contribution >= 4 is 10.2 Å². The Balaban J connectivity index is -0.000000360. The molecule has 2 rings (SSSR count). The van der Waals surface area contributed by atoms with Gasteiger partial charge >= 0.3 is 21.7 Å². The molecule has 0 aliphatic heterocycles. The van der Waals surface area contributed by atoms with Crippen molar-refractivity contribution in [3.8, 4) is 0 Å². The number of rotatable bonds is 1. The molecule has 0 amide bonds. The molecule has 0 fully saturated rings. The van der Waals surface area contributed by atoms with Crippen LogP contribution in [0.1, 0.15) is 25.7 Å². The number of allylic oxidation sites excluding steroid dienone is 4. The summed E-state index contributed by atoms with van der Waals surface area (Å²) in [5, 5.41) is 0. The quantitative estimate of drug-likeness (QED) is 0.333. The van der Waals surface area contributed by atoms with Crippen LogP contribution >= 0.6 is 0 Å². The molecule has 1 atom stereocenters. The van der Waals surface area contributed by atoms with Crippen LogP contribution in [-0.4, -0.2) is 10.2 Å². The molecule has 1 unspecified atom stereocenters. The second kappa shape index (κ2) is 10.4. The predicted octanol–water partition coefficient (Wildman–Crippen LogP) is -7.36. The van der Waals surface area contributed by atoms with Crippen molar-refractivity contribution in [2.24, 2.45) is 5.92 Å². The first kappa shape index (κ1) is 21.6. The van der Waals surface area contributed by atoms with E-state index in [1.807, 2.05) is 0 Å². The molecule has 2 aliphatic rings. The smallest absolute Gasteiger partial charge is 1.00 e. The van der Waals surface area contributed by atoms with E-state index < -0.39 is 0 Å². The Kier molecular flexibility index (Phi) is 15.0. The Bertz CT molecular complexity index is 229. The molecule has 5 heteroatoms. The molecule has 0 saturated heterocycles. The monoisotopic (exact) mass is 316 g/mol. The van der Waals surface area contributed by atoms with E-state index >= 15 is 0 Å². The molecule has 0 aromatic heterocycles. The first-order valence-corrected chi connectivity index (χ1v) is 6.14. The molecule has 0 N–H and O–H groups in total. The second-order valence-corrected chi connectivity index (χ2v) is 4.35. The van der Waals surface area contributed by atoms with E-state index in [-0.39, 0.29) is 58.9 Å². The average molecular weight is 318 g/mol. The maximum absolute atomic E-state index is 3.48. The topological polar surface area (TPSA) is 0 Å². The minimum Gasteiger partial charge on any atom is -1.00 e. The van der Waals surface area contributed by atoms with Crippen LogP contribution in [0.2, 0.25) is 6.04 Å². The summed E-state index contributed by atoms with van der Waals surface area (Å²) in [6, 6.07) is 1.38. The zero-order chi connectivity index (χ0) is 7.68. The molecule has 0 saturated carbocycles. The van der Waals surface area contributed by atoms with Gasteiger partial charge in [0.2, 0.25) is 0 Å². The standard InChI is InChI=1S/C10H15Si.3ClH.Ti/c11-7-9-6-5-8-3-1-2-4-10(8)9;;;;/h5,9H,1-4,7H2,11H3;3*1H;/q-1;;;;+4/p-3. The van der Waals surface area contributed by atoms with Gasteiger partial charge in [-0.15, -0.1) is 0 Å². The summed E-state index contributed by atoms with van der Waals surface area (Å²) >= 11 is 0. The van der Waals surface area contributed by atoms with Crippen LogP contribution in [0.4, 0.5) is 0 Å². The summed E-state index contributed by atoms with van der Waals surface area (Å²) in [4.78, 5) is 0. The minimum absolute atomic E-state index is 0. The van der Waals surface area contributed by atoms with Crippen molar-refractivity contribution in [2.75, 3.05) is 0 Å². The molecule has 15 heavy (non-hydrogen) atoms. The summed E-state index contributed by atoms with van der Waals surface area (Å²) in [5.74, 6) is 0.747. The Labute approximate surface area is 129 Å². The van der Waals surface area contributed by atoms with Gasteiger partial charge in [-0.3, -0.25) is 6.08 Å². The summed E-state index contributed by atoms with van der Waals surface area (Å²) in [5.41, 5.74) is 3.38. The maximum Gasteiger partial charge on any atom is 4.00 e. The van der Waals surface area contributed by atoms with E-state index in [9.17, 15) is 0 Å². The normalized spacial score (nSPS) is 21.7. The van der Waals surface area contributed by atoms with Crippen LogP contribution in [-0.2, 0) is 21.7 Å². The van der Waals surface area contributed by atoms with Gasteiger partial charge in [-0.1, -0.05) is 31.2 Å². The van der Waals surface area contributed by atoms with Crippen LogP contribution in [0.3, 0.4) is 0 Å². The van der Waals surface area contributed by atoms with Crippen molar-refractivity contribution in [3.63, 3.8) is 0 Å². The fraction of sp³-hybridized carbons (Fsp3) is 0.600. The SMILES string of the molecule is [Cl-].[Cl-].[Cl-].[SiH3]CC1[C-]=CC2=C1CCCC2.[Ti+4]. The van der Waals surface area contributed by atoms with Crippen LogP contribution < -0.4 is 37.2 Å². The molecular formula is C10H15Cl3SiTi. The third-order valence-corrected chi connectivity index (χ3v) is 3.66. The number of hydrogen-bond acceptors (Lipinski definition) is 0. The van der Waals surface area contributed by atoms with Gasteiger partial charge in [0.05, 0.1) is 0 Å². The Morgan fingerprint density at radius 1 is 1.20 bits per heavy atom. The van der Waals surface area contributed by atoms with Gasteiger partial charge in [-0.2, -0.15) is 11.1 Å². The van der Waals surface area contributed by atoms with Crippen LogP contribution in [0.15, 0.2) is 17.2 Å². The van der Waals surface area contributed by atoms with Gasteiger partial charge in [0.15, 0.2) is 0 Å². The maximum atomic E-state index is 3.48. The van der Waals surface area contributed by atoms with Crippen molar-refractivity contribution in [3.05, 3.63) is 23.3 Å². The number of halogens is 3. The van der Waals surface area contributed by atoms with Gasteiger partial charge in [0.25, 0.3) is 0 Å². The van der Waals surface area contributed by atoms with Crippen molar-refractivity contribution in [1.29, 1.82) is 0 Å². The van der Waals surface area contributed by atoms with Crippen LogP contribution in [0.5, 0.6) is 0 Å². The largest absolute Gasteiger partial charge is 4.00 e. The minimum atomic E-state index is 0. The Morgan fingerprint density at radius 2 is 1.80 bits per heavy atom. The van der Waals surface area contributed by atoms with Gasteiger partial charge in [-0.05, 0) is 6.42 Å². The molecular weight excluding hydrogens is 302 g/mol. The van der Waals surface area contributed by atoms with E-state index in [0.717, 1.165) is 5.92 Å². The van der Waals surface area contributed by atoms with Gasteiger partial charge in [0, 0.05) is 10.2 Å². The third kappa shape index (κ3) is 4.97. The summed E-state index contributed by atoms with van der Waals surface area (Å²) in [6.07, 6.45) is 11.3. The molecule has 84 valence electrons. The van der Waals surface area contributed by atoms with E-state index in [1.165, 1.54) is 42.0 Å². The molecule has 0 aromatic rings. The molecule has 0 nitrogen and oxygen atoms in total. The second-order valence-electron chi connectivity index (χ2n) is 3.53. The van der Waals surface area contributed by atoms with E-state index in [2.05, 4.69) is 12.2 Å². The van der Waals surface area contributed by atoms with Gasteiger partial charge < -0.3 is 37.2 Å². The molecule has 0 heterocycles. The Morgan fingerprint density at radius 3 is 2.40 bits per heavy atom. The summed E-state index contributed by atoms with van der Waals surface area (Å²) in [6.45, 7) is 0. The van der Waals surface area contributed by atoms with Crippen molar-refractivity contribution in [1.82, 2.24) is 0 Å². The van der Waals surface area contributed by atoms with E-state index in [0.29, 0.717) is 0 Å². The first-order valence-electron chi connectivity index (χ1n) is 4.73. The first-order chi connectivity index (χ1) is 5.42. The van der Waals surface area contributed by atoms with Gasteiger partial charge in [-0.25, -0.2) is 6.08 Å². The van der Waals surface area contributed by atoms with Gasteiger partial charge in [0.1, 0.15) is 0 Å². The van der Waals surface area contributed by atoms with Crippen molar-refractivity contribution in [2.45, 2.75) is 31.7 Å². The van der Waals surface area contributed by atoms with Crippen LogP contribution in [0, 0.1) is 12.0 Å². The fourth-order valence-electron chi connectivity index (χ4n) is 2.18. The van der Waals surface area contributed by atoms with E-state index in [4.69, 9.17) is 0 Å². The average Bonchev–Trinajstić information content (AvgIpc) is 2.47. The zero-order valence-electron chi connectivity index (χ0n) is 8.82.